The molecule has 15 heavy (non-hydrogen) atoms. The standard InChI is InChI=1S/C13H14O2/c1-9(2)7-10-8-13(14)15-12-6-4-3-5-11(10)12/h3-6,8-9H,7H2,1-2H3. The van der Waals surface area contributed by atoms with E-state index in [0.29, 0.717) is 11.5 Å². The maximum Gasteiger partial charge on any atom is 0.336 e. The minimum absolute atomic E-state index is 0.260. The maximum absolute atomic E-state index is 11.3. The van der Waals surface area contributed by atoms with E-state index >= 15 is 0 Å². The Bertz CT molecular complexity index is 523. The molecule has 0 aliphatic carbocycles. The molecule has 0 saturated heterocycles. The predicted octanol–water partition coefficient (Wildman–Crippen LogP) is 2.99. The van der Waals surface area contributed by atoms with E-state index in [1.807, 2.05) is 24.3 Å². The predicted molar refractivity (Wildman–Crippen MR) is 61.0 cm³/mol. The Kier molecular flexibility index (Phi) is 2.58. The van der Waals surface area contributed by atoms with Crippen molar-refractivity contribution in [1.82, 2.24) is 0 Å². The van der Waals surface area contributed by atoms with Crippen molar-refractivity contribution in [3.63, 3.8) is 0 Å². The van der Waals surface area contributed by atoms with Crippen molar-refractivity contribution in [2.45, 2.75) is 20.3 Å². The van der Waals surface area contributed by atoms with E-state index in [2.05, 4.69) is 13.8 Å². The molecule has 1 aromatic heterocycles. The van der Waals surface area contributed by atoms with Gasteiger partial charge in [0.2, 0.25) is 0 Å². The molecule has 0 aliphatic rings. The van der Waals surface area contributed by atoms with Crippen LogP contribution in [0.3, 0.4) is 0 Å². The minimum Gasteiger partial charge on any atom is -0.423 e. The lowest BCUT2D eigenvalue weighted by Gasteiger charge is -2.07. The number of hydrogen-bond donors (Lipinski definition) is 0. The van der Waals surface area contributed by atoms with E-state index in [4.69, 9.17) is 4.42 Å². The van der Waals surface area contributed by atoms with Gasteiger partial charge in [-0.25, -0.2) is 4.79 Å². The number of para-hydroxylation sites is 1. The molecule has 0 fully saturated rings. The van der Waals surface area contributed by atoms with Crippen molar-refractivity contribution in [3.8, 4) is 0 Å². The topological polar surface area (TPSA) is 30.2 Å². The molecule has 1 heterocycles. The first-order chi connectivity index (χ1) is 7.16. The lowest BCUT2D eigenvalue weighted by atomic mass is 10.0. The normalized spacial score (nSPS) is 11.1. The quantitative estimate of drug-likeness (QED) is 0.701. The summed E-state index contributed by atoms with van der Waals surface area (Å²) in [6, 6.07) is 9.27. The molecule has 0 aliphatic heterocycles. The van der Waals surface area contributed by atoms with Gasteiger partial charge in [-0.1, -0.05) is 32.0 Å². The van der Waals surface area contributed by atoms with Crippen LogP contribution in [0.4, 0.5) is 0 Å². The van der Waals surface area contributed by atoms with Gasteiger partial charge in [0.1, 0.15) is 5.58 Å². The van der Waals surface area contributed by atoms with Crippen LogP contribution in [0.15, 0.2) is 39.5 Å². The first kappa shape index (κ1) is 9.97. The molecule has 0 N–H and O–H groups in total. The van der Waals surface area contributed by atoms with Crippen molar-refractivity contribution in [2.75, 3.05) is 0 Å². The van der Waals surface area contributed by atoms with E-state index in [0.717, 1.165) is 17.4 Å². The smallest absolute Gasteiger partial charge is 0.336 e. The van der Waals surface area contributed by atoms with Crippen LogP contribution < -0.4 is 5.63 Å². The molecule has 0 radical (unpaired) electrons. The van der Waals surface area contributed by atoms with Crippen LogP contribution in [-0.2, 0) is 6.42 Å². The summed E-state index contributed by atoms with van der Waals surface area (Å²) in [5, 5.41) is 1.05. The first-order valence-electron chi connectivity index (χ1n) is 5.18. The Hall–Kier alpha value is -1.57. The molecular formula is C13H14O2. The SMILES string of the molecule is CC(C)Cc1cc(=O)oc2ccccc12. The Morgan fingerprint density at radius 1 is 1.27 bits per heavy atom. The number of hydrogen-bond acceptors (Lipinski definition) is 2. The van der Waals surface area contributed by atoms with Crippen LogP contribution >= 0.6 is 0 Å². The van der Waals surface area contributed by atoms with E-state index in [1.165, 1.54) is 0 Å². The average molecular weight is 202 g/mol. The Balaban J connectivity index is 2.66. The Morgan fingerprint density at radius 2 is 2.00 bits per heavy atom. The second-order valence-corrected chi connectivity index (χ2v) is 4.18. The van der Waals surface area contributed by atoms with Crippen LogP contribution in [0.5, 0.6) is 0 Å². The summed E-state index contributed by atoms with van der Waals surface area (Å²) in [5.41, 5.74) is 1.50. The van der Waals surface area contributed by atoms with Crippen LogP contribution in [0.2, 0.25) is 0 Å². The molecule has 0 amide bonds. The fourth-order valence-corrected chi connectivity index (χ4v) is 1.79. The average Bonchev–Trinajstić information content (AvgIpc) is 2.16. The second-order valence-electron chi connectivity index (χ2n) is 4.18. The Morgan fingerprint density at radius 3 is 2.73 bits per heavy atom. The summed E-state index contributed by atoms with van der Waals surface area (Å²) < 4.78 is 5.13. The molecule has 2 heteroatoms. The molecule has 0 atom stereocenters. The van der Waals surface area contributed by atoms with Gasteiger partial charge in [-0.3, -0.25) is 0 Å². The summed E-state index contributed by atoms with van der Waals surface area (Å²) >= 11 is 0. The highest BCUT2D eigenvalue weighted by molar-refractivity contribution is 5.79. The van der Waals surface area contributed by atoms with Crippen LogP contribution in [0.25, 0.3) is 11.0 Å². The molecule has 0 bridgehead atoms. The molecule has 1 aromatic carbocycles. The first-order valence-corrected chi connectivity index (χ1v) is 5.18. The van der Waals surface area contributed by atoms with E-state index in [9.17, 15) is 4.79 Å². The highest BCUT2D eigenvalue weighted by Crippen LogP contribution is 2.18. The number of rotatable bonds is 2. The van der Waals surface area contributed by atoms with Crippen molar-refractivity contribution in [3.05, 3.63) is 46.3 Å². The maximum atomic E-state index is 11.3. The zero-order chi connectivity index (χ0) is 10.8. The molecule has 0 spiro atoms. The van der Waals surface area contributed by atoms with Gasteiger partial charge in [-0.05, 0) is 24.0 Å². The summed E-state index contributed by atoms with van der Waals surface area (Å²) in [7, 11) is 0. The van der Waals surface area contributed by atoms with Gasteiger partial charge in [0, 0.05) is 11.5 Å². The molecule has 0 saturated carbocycles. The van der Waals surface area contributed by atoms with Gasteiger partial charge >= 0.3 is 5.63 Å². The largest absolute Gasteiger partial charge is 0.423 e. The second kappa shape index (κ2) is 3.89. The zero-order valence-electron chi connectivity index (χ0n) is 8.99. The molecule has 2 aromatic rings. The fourth-order valence-electron chi connectivity index (χ4n) is 1.79. The molecule has 78 valence electrons. The Labute approximate surface area is 88.5 Å². The lowest BCUT2D eigenvalue weighted by Crippen LogP contribution is -2.03. The van der Waals surface area contributed by atoms with E-state index in [-0.39, 0.29) is 5.63 Å². The molecule has 0 unspecified atom stereocenters. The third-order valence-electron chi connectivity index (χ3n) is 2.36. The lowest BCUT2D eigenvalue weighted by molar-refractivity contribution is 0.555. The van der Waals surface area contributed by atoms with Gasteiger partial charge in [0.15, 0.2) is 0 Å². The summed E-state index contributed by atoms with van der Waals surface area (Å²) in [6.45, 7) is 4.28. The van der Waals surface area contributed by atoms with E-state index in [1.54, 1.807) is 6.07 Å². The van der Waals surface area contributed by atoms with Gasteiger partial charge in [0.05, 0.1) is 0 Å². The molecule has 2 rings (SSSR count). The monoisotopic (exact) mass is 202 g/mol. The number of fused-ring (bicyclic) bond motifs is 1. The minimum atomic E-state index is -0.260. The van der Waals surface area contributed by atoms with Crippen LogP contribution in [-0.4, -0.2) is 0 Å². The molecular weight excluding hydrogens is 188 g/mol. The van der Waals surface area contributed by atoms with Crippen LogP contribution in [0, 0.1) is 5.92 Å². The summed E-state index contributed by atoms with van der Waals surface area (Å²) in [5.74, 6) is 0.537. The van der Waals surface area contributed by atoms with Crippen molar-refractivity contribution in [2.24, 2.45) is 5.92 Å². The van der Waals surface area contributed by atoms with Gasteiger partial charge < -0.3 is 4.42 Å². The molecule has 2 nitrogen and oxygen atoms in total. The van der Waals surface area contributed by atoms with Crippen LogP contribution in [0.1, 0.15) is 19.4 Å². The highest BCUT2D eigenvalue weighted by Gasteiger charge is 2.06. The van der Waals surface area contributed by atoms with Crippen molar-refractivity contribution in [1.29, 1.82) is 0 Å². The third kappa shape index (κ3) is 2.09. The summed E-state index contributed by atoms with van der Waals surface area (Å²) in [6.07, 6.45) is 0.909. The summed E-state index contributed by atoms with van der Waals surface area (Å²) in [4.78, 5) is 11.3. The van der Waals surface area contributed by atoms with Gasteiger partial charge in [-0.15, -0.1) is 0 Å². The highest BCUT2D eigenvalue weighted by atomic mass is 16.4. The zero-order valence-corrected chi connectivity index (χ0v) is 8.99. The van der Waals surface area contributed by atoms with Gasteiger partial charge in [0.25, 0.3) is 0 Å². The van der Waals surface area contributed by atoms with Gasteiger partial charge in [-0.2, -0.15) is 0 Å². The van der Waals surface area contributed by atoms with E-state index < -0.39 is 0 Å². The number of benzene rings is 1. The third-order valence-corrected chi connectivity index (χ3v) is 2.36. The van der Waals surface area contributed by atoms with Crippen molar-refractivity contribution >= 4 is 11.0 Å². The fraction of sp³-hybridized carbons (Fsp3) is 0.308. The van der Waals surface area contributed by atoms with Crippen molar-refractivity contribution < 1.29 is 4.42 Å².